The number of halogens is 1. The van der Waals surface area contributed by atoms with Crippen molar-refractivity contribution < 1.29 is 19.2 Å². The molecule has 1 heterocycles. The zero-order chi connectivity index (χ0) is 21.0. The molecule has 0 unspecified atom stereocenters. The van der Waals surface area contributed by atoms with Gasteiger partial charge in [-0.2, -0.15) is 0 Å². The molecule has 0 radical (unpaired) electrons. The molecule has 9 heteroatoms. The topological polar surface area (TPSA) is 93.9 Å². The van der Waals surface area contributed by atoms with Crippen LogP contribution in [0.15, 0.2) is 42.5 Å². The standard InChI is InChI=1S/C20H22ClN3O5/c1-13(20(25)22-17-11-16(24(26)27)7-8-18(17)28-2)23-9-10-29-19(12-23)14-3-5-15(21)6-4-14/h3-8,11,13,19H,9-10,12H2,1-2H3,(H,22,25)/t13-,19+/m1/s1. The van der Waals surface area contributed by atoms with Crippen molar-refractivity contribution in [3.8, 4) is 5.75 Å². The molecule has 0 saturated carbocycles. The van der Waals surface area contributed by atoms with E-state index in [1.165, 1.54) is 25.3 Å². The van der Waals surface area contributed by atoms with Gasteiger partial charge in [0.05, 0.1) is 36.5 Å². The zero-order valence-corrected chi connectivity index (χ0v) is 16.9. The molecule has 29 heavy (non-hydrogen) atoms. The summed E-state index contributed by atoms with van der Waals surface area (Å²) in [5, 5.41) is 14.4. The van der Waals surface area contributed by atoms with Crippen molar-refractivity contribution in [2.75, 3.05) is 32.1 Å². The molecular formula is C20H22ClN3O5. The van der Waals surface area contributed by atoms with Gasteiger partial charge in [0.1, 0.15) is 5.75 Å². The molecule has 0 aliphatic carbocycles. The van der Waals surface area contributed by atoms with Gasteiger partial charge in [0, 0.05) is 30.2 Å². The number of nitrogens with one attached hydrogen (secondary N) is 1. The molecule has 1 N–H and O–H groups in total. The van der Waals surface area contributed by atoms with Gasteiger partial charge in [-0.15, -0.1) is 0 Å². The number of benzene rings is 2. The largest absolute Gasteiger partial charge is 0.495 e. The summed E-state index contributed by atoms with van der Waals surface area (Å²) in [5.41, 5.74) is 1.14. The van der Waals surface area contributed by atoms with Gasteiger partial charge >= 0.3 is 0 Å². The van der Waals surface area contributed by atoms with Crippen LogP contribution in [0.1, 0.15) is 18.6 Å². The van der Waals surface area contributed by atoms with Crippen LogP contribution in [0, 0.1) is 10.1 Å². The van der Waals surface area contributed by atoms with Crippen LogP contribution in [-0.4, -0.2) is 48.6 Å². The summed E-state index contributed by atoms with van der Waals surface area (Å²) in [6.45, 7) is 3.43. The first-order valence-electron chi connectivity index (χ1n) is 9.13. The van der Waals surface area contributed by atoms with E-state index in [9.17, 15) is 14.9 Å². The molecule has 1 aliphatic heterocycles. The number of ether oxygens (including phenoxy) is 2. The van der Waals surface area contributed by atoms with Crippen LogP contribution in [-0.2, 0) is 9.53 Å². The second-order valence-electron chi connectivity index (χ2n) is 6.71. The number of anilines is 1. The van der Waals surface area contributed by atoms with E-state index in [1.54, 1.807) is 6.92 Å². The lowest BCUT2D eigenvalue weighted by atomic mass is 10.1. The molecule has 2 aromatic rings. The van der Waals surface area contributed by atoms with E-state index in [2.05, 4.69) is 5.32 Å². The van der Waals surface area contributed by atoms with E-state index >= 15 is 0 Å². The third kappa shape index (κ3) is 5.03. The third-order valence-corrected chi connectivity index (χ3v) is 5.17. The number of hydrogen-bond acceptors (Lipinski definition) is 6. The highest BCUT2D eigenvalue weighted by molar-refractivity contribution is 6.30. The van der Waals surface area contributed by atoms with Gasteiger partial charge in [0.2, 0.25) is 5.91 Å². The fourth-order valence-corrected chi connectivity index (χ4v) is 3.34. The Bertz CT molecular complexity index is 890. The number of amides is 1. The Kier molecular flexibility index (Phi) is 6.68. The number of hydrogen-bond donors (Lipinski definition) is 1. The smallest absolute Gasteiger partial charge is 0.271 e. The Morgan fingerprint density at radius 1 is 1.34 bits per heavy atom. The van der Waals surface area contributed by atoms with Crippen LogP contribution >= 0.6 is 11.6 Å². The van der Waals surface area contributed by atoms with E-state index < -0.39 is 11.0 Å². The van der Waals surface area contributed by atoms with Crippen molar-refractivity contribution in [2.24, 2.45) is 0 Å². The normalized spacial score (nSPS) is 18.1. The van der Waals surface area contributed by atoms with Gasteiger partial charge in [-0.1, -0.05) is 23.7 Å². The highest BCUT2D eigenvalue weighted by Crippen LogP contribution is 2.30. The van der Waals surface area contributed by atoms with Crippen molar-refractivity contribution in [3.63, 3.8) is 0 Å². The highest BCUT2D eigenvalue weighted by atomic mass is 35.5. The number of non-ortho nitro benzene ring substituents is 1. The molecule has 2 aromatic carbocycles. The SMILES string of the molecule is COc1ccc([N+](=O)[O-])cc1NC(=O)[C@@H](C)N1CCO[C@H](c2ccc(Cl)cc2)C1. The maximum Gasteiger partial charge on any atom is 0.271 e. The number of nitro benzene ring substituents is 1. The number of morpholine rings is 1. The second kappa shape index (κ2) is 9.21. The minimum Gasteiger partial charge on any atom is -0.495 e. The quantitative estimate of drug-likeness (QED) is 0.567. The first-order chi connectivity index (χ1) is 13.9. The monoisotopic (exact) mass is 419 g/mol. The Labute approximate surface area is 173 Å². The summed E-state index contributed by atoms with van der Waals surface area (Å²) in [6, 6.07) is 11.1. The van der Waals surface area contributed by atoms with Gasteiger partial charge in [0.15, 0.2) is 0 Å². The fourth-order valence-electron chi connectivity index (χ4n) is 3.21. The molecule has 154 valence electrons. The Morgan fingerprint density at radius 2 is 2.07 bits per heavy atom. The fraction of sp³-hybridized carbons (Fsp3) is 0.350. The number of nitrogens with zero attached hydrogens (tertiary/aromatic N) is 2. The summed E-state index contributed by atoms with van der Waals surface area (Å²) >= 11 is 5.95. The first-order valence-corrected chi connectivity index (χ1v) is 9.51. The number of carbonyl (C=O) groups is 1. The van der Waals surface area contributed by atoms with Crippen LogP contribution in [0.4, 0.5) is 11.4 Å². The first kappa shape index (κ1) is 21.0. The number of methoxy groups -OCH3 is 1. The second-order valence-corrected chi connectivity index (χ2v) is 7.15. The molecule has 0 spiro atoms. The van der Waals surface area contributed by atoms with Crippen LogP contribution in [0.5, 0.6) is 5.75 Å². The van der Waals surface area contributed by atoms with Crippen LogP contribution in [0.3, 0.4) is 0 Å². The summed E-state index contributed by atoms with van der Waals surface area (Å²) in [7, 11) is 1.44. The predicted molar refractivity (Wildman–Crippen MR) is 109 cm³/mol. The minimum absolute atomic E-state index is 0.122. The third-order valence-electron chi connectivity index (χ3n) is 4.92. The number of rotatable bonds is 6. The lowest BCUT2D eigenvalue weighted by Gasteiger charge is -2.36. The molecule has 8 nitrogen and oxygen atoms in total. The molecular weight excluding hydrogens is 398 g/mol. The molecule has 2 atom stereocenters. The maximum absolute atomic E-state index is 12.8. The lowest BCUT2D eigenvalue weighted by molar-refractivity contribution is -0.384. The Balaban J connectivity index is 1.70. The average Bonchev–Trinajstić information content (AvgIpc) is 2.73. The number of carbonyl (C=O) groups excluding carboxylic acids is 1. The van der Waals surface area contributed by atoms with E-state index in [0.717, 1.165) is 5.56 Å². The molecule has 0 aromatic heterocycles. The molecule has 1 fully saturated rings. The van der Waals surface area contributed by atoms with Crippen molar-refractivity contribution >= 4 is 28.9 Å². The predicted octanol–water partition coefficient (Wildman–Crippen LogP) is 3.66. The van der Waals surface area contributed by atoms with Crippen LogP contribution < -0.4 is 10.1 Å². The minimum atomic E-state index is -0.517. The van der Waals surface area contributed by atoms with E-state index in [4.69, 9.17) is 21.1 Å². The average molecular weight is 420 g/mol. The zero-order valence-electron chi connectivity index (χ0n) is 16.1. The maximum atomic E-state index is 12.8. The van der Waals surface area contributed by atoms with Gasteiger partial charge < -0.3 is 14.8 Å². The van der Waals surface area contributed by atoms with Crippen molar-refractivity contribution in [1.82, 2.24) is 4.90 Å². The Morgan fingerprint density at radius 3 is 2.72 bits per heavy atom. The van der Waals surface area contributed by atoms with Crippen molar-refractivity contribution in [2.45, 2.75) is 19.1 Å². The molecule has 1 amide bonds. The highest BCUT2D eigenvalue weighted by Gasteiger charge is 2.29. The van der Waals surface area contributed by atoms with Crippen molar-refractivity contribution in [3.05, 3.63) is 63.2 Å². The van der Waals surface area contributed by atoms with E-state index in [1.807, 2.05) is 29.2 Å². The lowest BCUT2D eigenvalue weighted by Crippen LogP contribution is -2.48. The van der Waals surface area contributed by atoms with Gasteiger partial charge in [-0.3, -0.25) is 19.8 Å². The van der Waals surface area contributed by atoms with E-state index in [-0.39, 0.29) is 23.4 Å². The van der Waals surface area contributed by atoms with Crippen LogP contribution in [0.2, 0.25) is 5.02 Å². The summed E-state index contributed by atoms with van der Waals surface area (Å²) < 4.78 is 11.1. The molecule has 0 bridgehead atoms. The summed E-state index contributed by atoms with van der Waals surface area (Å²) in [5.74, 6) is 0.0812. The van der Waals surface area contributed by atoms with Crippen LogP contribution in [0.25, 0.3) is 0 Å². The summed E-state index contributed by atoms with van der Waals surface area (Å²) in [6.07, 6.45) is -0.163. The molecule has 3 rings (SSSR count). The summed E-state index contributed by atoms with van der Waals surface area (Å²) in [4.78, 5) is 25.3. The Hall–Kier alpha value is -2.68. The molecule has 1 aliphatic rings. The van der Waals surface area contributed by atoms with Gasteiger partial charge in [-0.25, -0.2) is 0 Å². The molecule has 1 saturated heterocycles. The van der Waals surface area contributed by atoms with Crippen molar-refractivity contribution in [1.29, 1.82) is 0 Å². The van der Waals surface area contributed by atoms with Gasteiger partial charge in [-0.05, 0) is 30.7 Å². The van der Waals surface area contributed by atoms with E-state index in [0.29, 0.717) is 30.5 Å². The van der Waals surface area contributed by atoms with Gasteiger partial charge in [0.25, 0.3) is 5.69 Å². The number of nitro groups is 1.